The Kier molecular flexibility index (Phi) is 1.88. The van der Waals surface area contributed by atoms with E-state index < -0.39 is 16.8 Å². The van der Waals surface area contributed by atoms with Crippen molar-refractivity contribution in [2.24, 2.45) is 0 Å². The van der Waals surface area contributed by atoms with Crippen LogP contribution in [0.2, 0.25) is 5.02 Å². The Labute approximate surface area is 80.4 Å². The van der Waals surface area contributed by atoms with Gasteiger partial charge in [-0.1, -0.05) is 11.6 Å². The first kappa shape index (κ1) is 9.26. The van der Waals surface area contributed by atoms with Crippen LogP contribution in [0.5, 0.6) is 0 Å². The molecule has 0 aliphatic rings. The van der Waals surface area contributed by atoms with Crippen LogP contribution in [0.1, 0.15) is 5.56 Å². The highest BCUT2D eigenvalue weighted by atomic mass is 35.5. The molecule has 1 heterocycles. The summed E-state index contributed by atoms with van der Waals surface area (Å²) in [6.45, 7) is 0. The maximum absolute atomic E-state index is 12.3. The van der Waals surface area contributed by atoms with Gasteiger partial charge in [0.05, 0.1) is 10.6 Å². The summed E-state index contributed by atoms with van der Waals surface area (Å²) in [7, 11) is 0. The first-order chi connectivity index (χ1) is 6.48. The molecule has 7 heteroatoms. The van der Waals surface area contributed by atoms with Crippen molar-refractivity contribution in [1.29, 1.82) is 0 Å². The Balaban J connectivity index is 2.71. The van der Waals surface area contributed by atoms with Crippen LogP contribution in [0, 0.1) is 0 Å². The zero-order chi connectivity index (χ0) is 10.3. The molecule has 0 saturated carbocycles. The molecule has 1 aromatic heterocycles. The van der Waals surface area contributed by atoms with Gasteiger partial charge in [0.2, 0.25) is 0 Å². The lowest BCUT2D eigenvalue weighted by molar-refractivity contribution is -0.137. The van der Waals surface area contributed by atoms with E-state index in [-0.39, 0.29) is 11.0 Å². The lowest BCUT2D eigenvalue weighted by Gasteiger charge is -2.07. The average molecular weight is 223 g/mol. The second kappa shape index (κ2) is 2.84. The lowest BCUT2D eigenvalue weighted by atomic mass is 10.2. The highest BCUT2D eigenvalue weighted by Crippen LogP contribution is 2.36. The third-order valence-electron chi connectivity index (χ3n) is 1.65. The molecule has 0 aliphatic carbocycles. The molecule has 0 radical (unpaired) electrons. The summed E-state index contributed by atoms with van der Waals surface area (Å²) in [4.78, 5) is 0. The van der Waals surface area contributed by atoms with Crippen LogP contribution in [0.3, 0.4) is 0 Å². The molecule has 0 N–H and O–H groups in total. The van der Waals surface area contributed by atoms with Crippen LogP contribution in [0.15, 0.2) is 16.8 Å². The second-order valence-corrected chi connectivity index (χ2v) is 2.99. The summed E-state index contributed by atoms with van der Waals surface area (Å²) >= 11 is 5.42. The average Bonchev–Trinajstić information content (AvgIpc) is 2.47. The van der Waals surface area contributed by atoms with Crippen molar-refractivity contribution in [3.8, 4) is 0 Å². The zero-order valence-electron chi connectivity index (χ0n) is 6.47. The minimum Gasteiger partial charge on any atom is -0.243 e. The molecular formula is C7H2ClF3N2O. The van der Waals surface area contributed by atoms with Gasteiger partial charge in [-0.15, -0.1) is 0 Å². The van der Waals surface area contributed by atoms with Crippen LogP contribution in [-0.4, -0.2) is 10.3 Å². The number of alkyl halides is 3. The first-order valence-electron chi connectivity index (χ1n) is 3.47. The predicted octanol–water partition coefficient (Wildman–Crippen LogP) is 2.89. The number of hydrogen-bond donors (Lipinski definition) is 0. The molecule has 0 amide bonds. The fourth-order valence-corrected chi connectivity index (χ4v) is 1.29. The molecule has 0 bridgehead atoms. The summed E-state index contributed by atoms with van der Waals surface area (Å²) in [5.74, 6) is 0. The minimum absolute atomic E-state index is 0.0294. The third kappa shape index (κ3) is 1.41. The van der Waals surface area contributed by atoms with Crippen molar-refractivity contribution in [3.05, 3.63) is 22.7 Å². The van der Waals surface area contributed by atoms with Crippen molar-refractivity contribution in [2.45, 2.75) is 6.18 Å². The van der Waals surface area contributed by atoms with E-state index in [1.807, 2.05) is 0 Å². The van der Waals surface area contributed by atoms with E-state index in [1.54, 1.807) is 0 Å². The van der Waals surface area contributed by atoms with E-state index in [1.165, 1.54) is 0 Å². The van der Waals surface area contributed by atoms with Crippen LogP contribution in [-0.2, 0) is 6.18 Å². The number of benzene rings is 1. The van der Waals surface area contributed by atoms with E-state index in [4.69, 9.17) is 11.6 Å². The fraction of sp³-hybridized carbons (Fsp3) is 0.143. The monoisotopic (exact) mass is 222 g/mol. The standard InChI is InChI=1S/C7H2ClF3N2O/c8-4-2-6-5(12-14-13-6)1-3(4)7(9,10)11/h1-2H. The quantitative estimate of drug-likeness (QED) is 0.688. The smallest absolute Gasteiger partial charge is 0.243 e. The Morgan fingerprint density at radius 3 is 2.29 bits per heavy atom. The summed E-state index contributed by atoms with van der Waals surface area (Å²) < 4.78 is 41.2. The summed E-state index contributed by atoms with van der Waals surface area (Å²) in [5.41, 5.74) is -0.716. The number of halogens is 4. The molecule has 0 spiro atoms. The largest absolute Gasteiger partial charge is 0.417 e. The van der Waals surface area contributed by atoms with Gasteiger partial charge in [-0.05, 0) is 22.4 Å². The lowest BCUT2D eigenvalue weighted by Crippen LogP contribution is -2.05. The van der Waals surface area contributed by atoms with E-state index in [2.05, 4.69) is 14.9 Å². The molecule has 14 heavy (non-hydrogen) atoms. The van der Waals surface area contributed by atoms with Crippen molar-refractivity contribution >= 4 is 22.6 Å². The number of fused-ring (bicyclic) bond motifs is 1. The summed E-state index contributed by atoms with van der Waals surface area (Å²) in [5, 5.41) is 6.24. The van der Waals surface area contributed by atoms with Crippen molar-refractivity contribution in [2.75, 3.05) is 0 Å². The van der Waals surface area contributed by atoms with E-state index in [0.717, 1.165) is 12.1 Å². The molecule has 74 valence electrons. The SMILES string of the molecule is FC(F)(F)c1cc2nonc2cc1Cl. The highest BCUT2D eigenvalue weighted by molar-refractivity contribution is 6.32. The van der Waals surface area contributed by atoms with Gasteiger partial charge >= 0.3 is 6.18 Å². The molecule has 2 aromatic rings. The van der Waals surface area contributed by atoms with Gasteiger partial charge in [0.1, 0.15) is 11.0 Å². The molecule has 3 nitrogen and oxygen atoms in total. The second-order valence-electron chi connectivity index (χ2n) is 2.58. The predicted molar refractivity (Wildman–Crippen MR) is 41.8 cm³/mol. The normalized spacial score (nSPS) is 12.3. The van der Waals surface area contributed by atoms with Crippen LogP contribution in [0.4, 0.5) is 13.2 Å². The van der Waals surface area contributed by atoms with Gasteiger partial charge in [-0.25, -0.2) is 4.63 Å². The van der Waals surface area contributed by atoms with Crippen molar-refractivity contribution in [3.63, 3.8) is 0 Å². The topological polar surface area (TPSA) is 38.9 Å². The Morgan fingerprint density at radius 1 is 1.14 bits per heavy atom. The molecule has 0 saturated heterocycles. The molecule has 1 aromatic carbocycles. The Morgan fingerprint density at radius 2 is 1.71 bits per heavy atom. The zero-order valence-corrected chi connectivity index (χ0v) is 7.23. The van der Waals surface area contributed by atoms with Crippen molar-refractivity contribution in [1.82, 2.24) is 10.3 Å². The molecule has 0 unspecified atom stereocenters. The van der Waals surface area contributed by atoms with Gasteiger partial charge in [0.25, 0.3) is 0 Å². The Bertz CT molecular complexity index is 479. The first-order valence-corrected chi connectivity index (χ1v) is 3.85. The number of nitrogens with zero attached hydrogens (tertiary/aromatic N) is 2. The molecular weight excluding hydrogens is 221 g/mol. The molecule has 2 rings (SSSR count). The highest BCUT2D eigenvalue weighted by Gasteiger charge is 2.33. The van der Waals surface area contributed by atoms with Gasteiger partial charge in [0.15, 0.2) is 0 Å². The van der Waals surface area contributed by atoms with Crippen LogP contribution in [0.25, 0.3) is 11.0 Å². The van der Waals surface area contributed by atoms with Gasteiger partial charge in [0, 0.05) is 0 Å². The molecule has 0 atom stereocenters. The molecule has 0 aliphatic heterocycles. The molecule has 0 fully saturated rings. The van der Waals surface area contributed by atoms with Gasteiger partial charge < -0.3 is 0 Å². The van der Waals surface area contributed by atoms with E-state index in [0.29, 0.717) is 0 Å². The summed E-state index contributed by atoms with van der Waals surface area (Å²) in [6, 6.07) is 1.87. The van der Waals surface area contributed by atoms with Gasteiger partial charge in [-0.3, -0.25) is 0 Å². The summed E-state index contributed by atoms with van der Waals surface area (Å²) in [6.07, 6.45) is -4.50. The number of rotatable bonds is 0. The van der Waals surface area contributed by atoms with Gasteiger partial charge in [-0.2, -0.15) is 13.2 Å². The maximum atomic E-state index is 12.3. The Hall–Kier alpha value is -1.30. The maximum Gasteiger partial charge on any atom is 0.417 e. The number of aromatic nitrogens is 2. The fourth-order valence-electron chi connectivity index (χ4n) is 1.02. The van der Waals surface area contributed by atoms with Crippen LogP contribution < -0.4 is 0 Å². The van der Waals surface area contributed by atoms with E-state index >= 15 is 0 Å². The minimum atomic E-state index is -4.50. The number of hydrogen-bond acceptors (Lipinski definition) is 3. The van der Waals surface area contributed by atoms with Crippen molar-refractivity contribution < 1.29 is 17.8 Å². The van der Waals surface area contributed by atoms with E-state index in [9.17, 15) is 13.2 Å². The third-order valence-corrected chi connectivity index (χ3v) is 1.96. The van der Waals surface area contributed by atoms with Crippen LogP contribution >= 0.6 is 11.6 Å².